The number of benzene rings is 2. The third-order valence-corrected chi connectivity index (χ3v) is 8.26. The molecule has 1 aliphatic heterocycles. The van der Waals surface area contributed by atoms with Crippen molar-refractivity contribution in [1.29, 1.82) is 0 Å². The highest BCUT2D eigenvalue weighted by Crippen LogP contribution is 2.49. The number of aliphatic hydroxyl groups is 2. The van der Waals surface area contributed by atoms with Crippen molar-refractivity contribution >= 4 is 23.3 Å². The summed E-state index contributed by atoms with van der Waals surface area (Å²) in [6.45, 7) is 2.37. The second-order valence-electron chi connectivity index (χ2n) is 11.1. The number of rotatable bonds is 5. The van der Waals surface area contributed by atoms with Crippen LogP contribution in [-0.2, 0) is 19.0 Å². The number of ether oxygens (including phenoxy) is 4. The van der Waals surface area contributed by atoms with Crippen molar-refractivity contribution in [1.82, 2.24) is 5.32 Å². The van der Waals surface area contributed by atoms with Gasteiger partial charge in [0, 0.05) is 41.9 Å². The number of halogens is 3. The lowest BCUT2D eigenvalue weighted by atomic mass is 9.72. The van der Waals surface area contributed by atoms with Crippen LogP contribution in [0.3, 0.4) is 0 Å². The van der Waals surface area contributed by atoms with Gasteiger partial charge in [-0.25, -0.2) is 0 Å². The van der Waals surface area contributed by atoms with Crippen molar-refractivity contribution in [3.05, 3.63) is 51.6 Å². The number of Topliss-reactive ketones (excluding diaryl/α,β-unsaturated/α-hetero) is 1. The maximum Gasteiger partial charge on any atom is 0.471 e. The number of hydrogen-bond donors (Lipinski definition) is 5. The third-order valence-electron chi connectivity index (χ3n) is 8.26. The number of methoxy groups -OCH3 is 2. The van der Waals surface area contributed by atoms with Crippen LogP contribution in [0, 0.1) is 0 Å². The molecule has 5 rings (SSSR count). The molecule has 242 valence electrons. The van der Waals surface area contributed by atoms with E-state index in [9.17, 15) is 52.8 Å². The first kappa shape index (κ1) is 32.3. The summed E-state index contributed by atoms with van der Waals surface area (Å²) in [5, 5.41) is 45.5. The molecule has 0 aromatic heterocycles. The highest BCUT2D eigenvalue weighted by Gasteiger charge is 2.55. The number of fused-ring (bicyclic) bond motifs is 3. The number of alkyl halides is 3. The van der Waals surface area contributed by atoms with Crippen LogP contribution in [0.5, 0.6) is 17.2 Å². The molecule has 5 N–H and O–H groups in total. The average Bonchev–Trinajstić information content (AvgIpc) is 2.95. The van der Waals surface area contributed by atoms with Gasteiger partial charge >= 0.3 is 12.1 Å². The summed E-state index contributed by atoms with van der Waals surface area (Å²) in [6.07, 6.45) is -13.4. The average molecular weight is 640 g/mol. The molecular formula is C29H28F3NO12. The number of aliphatic hydroxyl groups excluding tert-OH is 1. The lowest BCUT2D eigenvalue weighted by molar-refractivity contribution is -0.266. The number of phenols is 2. The van der Waals surface area contributed by atoms with Gasteiger partial charge in [0.15, 0.2) is 23.5 Å². The van der Waals surface area contributed by atoms with Gasteiger partial charge in [0.2, 0.25) is 5.78 Å². The topological polar surface area (TPSA) is 198 Å². The molecule has 1 heterocycles. The van der Waals surface area contributed by atoms with Crippen molar-refractivity contribution in [2.45, 2.75) is 68.8 Å². The van der Waals surface area contributed by atoms with E-state index in [2.05, 4.69) is 0 Å². The molecular weight excluding hydrogens is 611 g/mol. The molecule has 2 aliphatic carbocycles. The van der Waals surface area contributed by atoms with Gasteiger partial charge < -0.3 is 44.7 Å². The molecule has 13 nitrogen and oxygen atoms in total. The minimum atomic E-state index is -5.26. The molecule has 7 atom stereocenters. The van der Waals surface area contributed by atoms with E-state index in [0.717, 1.165) is 26.2 Å². The number of hydrogen-bond acceptors (Lipinski definition) is 12. The molecule has 0 bridgehead atoms. The first-order chi connectivity index (χ1) is 20.9. The second kappa shape index (κ2) is 11.1. The maximum atomic E-state index is 13.6. The van der Waals surface area contributed by atoms with Crippen molar-refractivity contribution < 1.29 is 71.7 Å². The van der Waals surface area contributed by atoms with E-state index in [0.29, 0.717) is 0 Å². The monoisotopic (exact) mass is 639 g/mol. The van der Waals surface area contributed by atoms with Gasteiger partial charge in [-0.15, -0.1) is 0 Å². The Labute approximate surface area is 252 Å². The van der Waals surface area contributed by atoms with Crippen LogP contribution in [0.4, 0.5) is 13.2 Å². The number of aromatic hydroxyl groups is 2. The minimum absolute atomic E-state index is 0.0463. The molecule has 2 aromatic rings. The maximum absolute atomic E-state index is 13.6. The Hall–Kier alpha value is -4.09. The Morgan fingerprint density at radius 1 is 1.04 bits per heavy atom. The summed E-state index contributed by atoms with van der Waals surface area (Å²) in [5.74, 6) is -6.68. The van der Waals surface area contributed by atoms with Crippen LogP contribution in [-0.4, -0.2) is 100 Å². The SMILES string of the molecule is COc1cc(O)c2c(c1)C(=O)c1cc3c(c(O)c1C2=O)[C@@H](O[C@H]1C[C@H](NC(=O)C(F)(F)F)[C@H](O)[C@H](C)O1)[C@H](OC)[C@](C)(O)C3=O. The number of ketones is 3. The van der Waals surface area contributed by atoms with Crippen LogP contribution < -0.4 is 10.1 Å². The fraction of sp³-hybridized carbons (Fsp3) is 0.448. The fourth-order valence-electron chi connectivity index (χ4n) is 6.01. The predicted molar refractivity (Wildman–Crippen MR) is 142 cm³/mol. The van der Waals surface area contributed by atoms with E-state index in [1.165, 1.54) is 20.1 Å². The normalized spacial score (nSPS) is 29.5. The van der Waals surface area contributed by atoms with Crippen LogP contribution in [0.25, 0.3) is 0 Å². The molecule has 3 aliphatic rings. The lowest BCUT2D eigenvalue weighted by Gasteiger charge is -2.45. The lowest BCUT2D eigenvalue weighted by Crippen LogP contribution is -2.59. The van der Waals surface area contributed by atoms with E-state index in [1.54, 1.807) is 5.32 Å². The molecule has 0 saturated carbocycles. The Balaban J connectivity index is 1.61. The van der Waals surface area contributed by atoms with Gasteiger partial charge in [-0.1, -0.05) is 0 Å². The number of carbonyl (C=O) groups is 4. The van der Waals surface area contributed by atoms with E-state index < -0.39 is 118 Å². The van der Waals surface area contributed by atoms with Crippen molar-refractivity contribution in [3.63, 3.8) is 0 Å². The quantitative estimate of drug-likeness (QED) is 0.270. The summed E-state index contributed by atoms with van der Waals surface area (Å²) in [5.41, 5.74) is -4.94. The van der Waals surface area contributed by atoms with E-state index in [-0.39, 0.29) is 11.3 Å². The molecule has 45 heavy (non-hydrogen) atoms. The fourth-order valence-corrected chi connectivity index (χ4v) is 6.01. The Morgan fingerprint density at radius 3 is 2.29 bits per heavy atom. The number of carbonyl (C=O) groups excluding carboxylic acids is 4. The summed E-state index contributed by atoms with van der Waals surface area (Å²) in [7, 11) is 2.36. The van der Waals surface area contributed by atoms with Gasteiger partial charge in [-0.3, -0.25) is 19.2 Å². The highest BCUT2D eigenvalue weighted by molar-refractivity contribution is 6.31. The largest absolute Gasteiger partial charge is 0.507 e. The summed E-state index contributed by atoms with van der Waals surface area (Å²) < 4.78 is 60.9. The van der Waals surface area contributed by atoms with Crippen LogP contribution in [0.15, 0.2) is 18.2 Å². The van der Waals surface area contributed by atoms with Gasteiger partial charge in [0.1, 0.15) is 35.6 Å². The smallest absolute Gasteiger partial charge is 0.471 e. The summed E-state index contributed by atoms with van der Waals surface area (Å²) >= 11 is 0. The molecule has 2 aromatic carbocycles. The number of phenolic OH excluding ortho intramolecular Hbond substituents is 2. The standard InChI is InChI=1S/C29H28F3NO12/c1-9-20(35)14(33-27(40)29(30,31)32)8-16(44-9)45-24-19-13(25(39)28(2,41)26(24)43-4)7-12-18(23(19)38)22(37)17-11(21(12)36)5-10(42-3)6-15(17)34/h5-7,9,14,16,20,24,26,34-35,38,41H,8H2,1-4H3,(H,33,40)/t9-,14-,16-,20+,24+,26-,28+/m0/s1. The predicted octanol–water partition coefficient (Wildman–Crippen LogP) is 1.44. The van der Waals surface area contributed by atoms with Gasteiger partial charge in [-0.05, 0) is 26.0 Å². The zero-order valence-corrected chi connectivity index (χ0v) is 24.1. The van der Waals surface area contributed by atoms with Crippen molar-refractivity contribution in [2.24, 2.45) is 0 Å². The first-order valence-electron chi connectivity index (χ1n) is 13.5. The number of nitrogens with one attached hydrogen (secondary N) is 1. The second-order valence-corrected chi connectivity index (χ2v) is 11.1. The van der Waals surface area contributed by atoms with E-state index in [1.807, 2.05) is 0 Å². The molecule has 1 fully saturated rings. The first-order valence-corrected chi connectivity index (χ1v) is 13.5. The number of amides is 1. The molecule has 1 saturated heterocycles. The van der Waals surface area contributed by atoms with E-state index >= 15 is 0 Å². The summed E-state index contributed by atoms with van der Waals surface area (Å²) in [6, 6.07) is 1.75. The van der Waals surface area contributed by atoms with Gasteiger partial charge in [0.25, 0.3) is 0 Å². The molecule has 0 unspecified atom stereocenters. The van der Waals surface area contributed by atoms with Gasteiger partial charge in [-0.2, -0.15) is 13.2 Å². The van der Waals surface area contributed by atoms with Gasteiger partial charge in [0.05, 0.1) is 30.4 Å². The minimum Gasteiger partial charge on any atom is -0.507 e. The summed E-state index contributed by atoms with van der Waals surface area (Å²) in [4.78, 5) is 52.4. The zero-order valence-electron chi connectivity index (χ0n) is 24.1. The molecule has 0 radical (unpaired) electrons. The Morgan fingerprint density at radius 2 is 1.69 bits per heavy atom. The molecule has 1 amide bonds. The van der Waals surface area contributed by atoms with Crippen LogP contribution >= 0.6 is 0 Å². The Bertz CT molecular complexity index is 1620. The highest BCUT2D eigenvalue weighted by atomic mass is 19.4. The van der Waals surface area contributed by atoms with Crippen LogP contribution in [0.2, 0.25) is 0 Å². The van der Waals surface area contributed by atoms with E-state index in [4.69, 9.17) is 18.9 Å². The molecule has 0 spiro atoms. The van der Waals surface area contributed by atoms with Crippen molar-refractivity contribution in [3.8, 4) is 17.2 Å². The van der Waals surface area contributed by atoms with Crippen LogP contribution in [0.1, 0.15) is 74.1 Å². The van der Waals surface area contributed by atoms with Crippen molar-refractivity contribution in [2.75, 3.05) is 14.2 Å². The third kappa shape index (κ3) is 5.11. The Kier molecular flexibility index (Phi) is 7.94. The molecule has 16 heteroatoms. The zero-order chi connectivity index (χ0) is 33.3.